The van der Waals surface area contributed by atoms with Gasteiger partial charge in [0.1, 0.15) is 0 Å². The molecule has 4 nitrogen and oxygen atoms in total. The summed E-state index contributed by atoms with van der Waals surface area (Å²) in [6, 6.07) is 0.327. The smallest absolute Gasteiger partial charge is 0.223 e. The van der Waals surface area contributed by atoms with Gasteiger partial charge in [-0.1, -0.05) is 13.3 Å². The van der Waals surface area contributed by atoms with E-state index in [-0.39, 0.29) is 36.6 Å². The van der Waals surface area contributed by atoms with Crippen molar-refractivity contribution in [2.75, 3.05) is 0 Å². The summed E-state index contributed by atoms with van der Waals surface area (Å²) >= 11 is 1.67. The van der Waals surface area contributed by atoms with Crippen LogP contribution in [0.5, 0.6) is 0 Å². The highest BCUT2D eigenvalue weighted by Gasteiger charge is 2.40. The maximum absolute atomic E-state index is 12.4. The third-order valence-electron chi connectivity index (χ3n) is 5.13. The Morgan fingerprint density at radius 1 is 1.35 bits per heavy atom. The largest absolute Gasteiger partial charge is 0.350 e. The van der Waals surface area contributed by atoms with Crippen LogP contribution < -0.4 is 11.1 Å². The van der Waals surface area contributed by atoms with E-state index in [1.165, 1.54) is 19.3 Å². The van der Waals surface area contributed by atoms with Crippen molar-refractivity contribution in [1.29, 1.82) is 0 Å². The van der Waals surface area contributed by atoms with Crippen molar-refractivity contribution in [3.05, 3.63) is 16.1 Å². The molecule has 2 fully saturated rings. The number of thiazole rings is 1. The number of amides is 1. The number of nitrogens with two attached hydrogens (primary N) is 1. The summed E-state index contributed by atoms with van der Waals surface area (Å²) in [7, 11) is 0. The Labute approximate surface area is 154 Å². The Kier molecular flexibility index (Phi) is 8.28. The average molecular weight is 380 g/mol. The number of nitrogens with one attached hydrogen (secondary N) is 1. The molecule has 2 unspecified atom stereocenters. The highest BCUT2D eigenvalue weighted by atomic mass is 35.5. The van der Waals surface area contributed by atoms with E-state index in [1.807, 2.05) is 5.38 Å². The average Bonchev–Trinajstić information content (AvgIpc) is 2.92. The van der Waals surface area contributed by atoms with Crippen molar-refractivity contribution < 1.29 is 4.79 Å². The molecule has 1 aromatic heterocycles. The second-order valence-corrected chi connectivity index (χ2v) is 7.44. The van der Waals surface area contributed by atoms with Gasteiger partial charge in [-0.05, 0) is 43.9 Å². The molecule has 2 aliphatic rings. The zero-order chi connectivity index (χ0) is 14.8. The number of rotatable bonds is 4. The van der Waals surface area contributed by atoms with Crippen molar-refractivity contribution >= 4 is 42.1 Å². The van der Waals surface area contributed by atoms with Crippen molar-refractivity contribution in [3.63, 3.8) is 0 Å². The van der Waals surface area contributed by atoms with Gasteiger partial charge in [0.2, 0.25) is 5.91 Å². The van der Waals surface area contributed by atoms with Gasteiger partial charge in [0, 0.05) is 17.3 Å². The molecule has 0 spiro atoms. The van der Waals surface area contributed by atoms with E-state index in [1.54, 1.807) is 11.3 Å². The van der Waals surface area contributed by atoms with Gasteiger partial charge in [-0.25, -0.2) is 4.98 Å². The fraction of sp³-hybridized carbons (Fsp3) is 0.750. The molecule has 3 rings (SSSR count). The van der Waals surface area contributed by atoms with E-state index in [0.29, 0.717) is 24.4 Å². The van der Waals surface area contributed by atoms with Gasteiger partial charge >= 0.3 is 0 Å². The normalized spacial score (nSPS) is 29.1. The van der Waals surface area contributed by atoms with Crippen LogP contribution in [0.3, 0.4) is 0 Å². The van der Waals surface area contributed by atoms with Crippen LogP contribution in [-0.2, 0) is 17.8 Å². The van der Waals surface area contributed by atoms with Gasteiger partial charge in [-0.2, -0.15) is 0 Å². The molecule has 2 bridgehead atoms. The Morgan fingerprint density at radius 2 is 2.00 bits per heavy atom. The maximum Gasteiger partial charge on any atom is 0.223 e. The first kappa shape index (κ1) is 20.7. The lowest BCUT2D eigenvalue weighted by Gasteiger charge is -2.43. The van der Waals surface area contributed by atoms with E-state index in [9.17, 15) is 4.79 Å². The SMILES string of the molecule is CCc1nc(CNC(=O)C2CC3CCCC(C2)C3N)cs1.Cl.Cl. The number of hydrogen-bond acceptors (Lipinski definition) is 4. The maximum atomic E-state index is 12.4. The van der Waals surface area contributed by atoms with E-state index in [4.69, 9.17) is 5.73 Å². The molecule has 0 aliphatic heterocycles. The van der Waals surface area contributed by atoms with Crippen molar-refractivity contribution in [3.8, 4) is 0 Å². The minimum atomic E-state index is 0. The molecule has 1 heterocycles. The van der Waals surface area contributed by atoms with Crippen molar-refractivity contribution in [2.24, 2.45) is 23.5 Å². The Hall–Kier alpha value is -0.360. The number of carbonyl (C=O) groups is 1. The fourth-order valence-corrected chi connectivity index (χ4v) is 4.66. The Bertz CT molecular complexity index is 497. The molecule has 0 radical (unpaired) electrons. The van der Waals surface area contributed by atoms with Crippen LogP contribution in [0.1, 0.15) is 49.7 Å². The first-order valence-corrected chi connectivity index (χ1v) is 9.02. The number of aryl methyl sites for hydroxylation is 1. The molecule has 1 aromatic rings. The highest BCUT2D eigenvalue weighted by molar-refractivity contribution is 7.09. The minimum Gasteiger partial charge on any atom is -0.350 e. The minimum absolute atomic E-state index is 0. The first-order valence-electron chi connectivity index (χ1n) is 8.14. The predicted octanol–water partition coefficient (Wildman–Crippen LogP) is 3.32. The van der Waals surface area contributed by atoms with Gasteiger partial charge in [0.15, 0.2) is 0 Å². The highest BCUT2D eigenvalue weighted by Crippen LogP contribution is 2.41. The topological polar surface area (TPSA) is 68.0 Å². The monoisotopic (exact) mass is 379 g/mol. The number of aromatic nitrogens is 1. The van der Waals surface area contributed by atoms with Gasteiger partial charge in [0.05, 0.1) is 17.2 Å². The molecule has 23 heavy (non-hydrogen) atoms. The molecule has 0 aromatic carbocycles. The summed E-state index contributed by atoms with van der Waals surface area (Å²) in [6.45, 7) is 2.67. The summed E-state index contributed by atoms with van der Waals surface area (Å²) in [6.07, 6.45) is 6.60. The standard InChI is InChI=1S/C16H25N3OS.2ClH/c1-2-14-19-13(9-21-14)8-18-16(20)12-6-10-4-3-5-11(7-12)15(10)17;;/h9-12,15H,2-8,17H2,1H3,(H,18,20);2*1H. The van der Waals surface area contributed by atoms with Crippen LogP contribution in [0.15, 0.2) is 5.38 Å². The third kappa shape index (κ3) is 4.81. The molecular weight excluding hydrogens is 353 g/mol. The van der Waals surface area contributed by atoms with E-state index >= 15 is 0 Å². The molecule has 132 valence electrons. The lowest BCUT2D eigenvalue weighted by molar-refractivity contribution is -0.128. The van der Waals surface area contributed by atoms with E-state index < -0.39 is 0 Å². The van der Waals surface area contributed by atoms with Crippen LogP contribution in [0, 0.1) is 17.8 Å². The first-order chi connectivity index (χ1) is 10.2. The molecule has 2 atom stereocenters. The second kappa shape index (κ2) is 9.21. The molecule has 3 N–H and O–H groups in total. The van der Waals surface area contributed by atoms with E-state index in [2.05, 4.69) is 17.2 Å². The Balaban J connectivity index is 0.00000132. The predicted molar refractivity (Wildman–Crippen MR) is 99.4 cm³/mol. The lowest BCUT2D eigenvalue weighted by atomic mass is 9.65. The lowest BCUT2D eigenvalue weighted by Crippen LogP contribution is -2.49. The van der Waals surface area contributed by atoms with Crippen molar-refractivity contribution in [2.45, 2.75) is 58.0 Å². The molecule has 0 saturated heterocycles. The van der Waals surface area contributed by atoms with Crippen LogP contribution in [-0.4, -0.2) is 16.9 Å². The molecule has 7 heteroatoms. The van der Waals surface area contributed by atoms with Gasteiger partial charge < -0.3 is 11.1 Å². The third-order valence-corrected chi connectivity index (χ3v) is 6.17. The zero-order valence-electron chi connectivity index (χ0n) is 13.5. The van der Waals surface area contributed by atoms with Gasteiger partial charge in [-0.3, -0.25) is 4.79 Å². The zero-order valence-corrected chi connectivity index (χ0v) is 15.9. The number of fused-ring (bicyclic) bond motifs is 2. The van der Waals surface area contributed by atoms with Crippen molar-refractivity contribution in [1.82, 2.24) is 10.3 Å². The summed E-state index contributed by atoms with van der Waals surface area (Å²) in [4.78, 5) is 16.9. The van der Waals surface area contributed by atoms with Gasteiger partial charge in [0.25, 0.3) is 0 Å². The van der Waals surface area contributed by atoms with Gasteiger partial charge in [-0.15, -0.1) is 36.2 Å². The van der Waals surface area contributed by atoms with E-state index in [0.717, 1.165) is 30.0 Å². The summed E-state index contributed by atoms with van der Waals surface area (Å²) in [5, 5.41) is 6.26. The van der Waals surface area contributed by atoms with Crippen LogP contribution in [0.25, 0.3) is 0 Å². The number of hydrogen-bond donors (Lipinski definition) is 2. The summed E-state index contributed by atoms with van der Waals surface area (Å²) in [5.74, 6) is 1.47. The molecule has 1 amide bonds. The second-order valence-electron chi connectivity index (χ2n) is 6.50. The molecule has 2 saturated carbocycles. The summed E-state index contributed by atoms with van der Waals surface area (Å²) < 4.78 is 0. The molecule has 2 aliphatic carbocycles. The Morgan fingerprint density at radius 3 is 2.57 bits per heavy atom. The number of carbonyl (C=O) groups excluding carboxylic acids is 1. The van der Waals surface area contributed by atoms with Crippen LogP contribution in [0.2, 0.25) is 0 Å². The van der Waals surface area contributed by atoms with Crippen LogP contribution in [0.4, 0.5) is 0 Å². The number of nitrogens with zero attached hydrogens (tertiary/aromatic N) is 1. The quantitative estimate of drug-likeness (QED) is 0.842. The summed E-state index contributed by atoms with van der Waals surface area (Å²) in [5.41, 5.74) is 7.27. The molecular formula is C16H27Cl2N3OS. The fourth-order valence-electron chi connectivity index (χ4n) is 3.92. The number of halogens is 2. The van der Waals surface area contributed by atoms with Crippen LogP contribution >= 0.6 is 36.2 Å².